The molecule has 1 aliphatic carbocycles. The van der Waals surface area contributed by atoms with E-state index in [0.717, 1.165) is 6.42 Å². The molecule has 2 aromatic rings. The van der Waals surface area contributed by atoms with Crippen molar-refractivity contribution in [1.29, 1.82) is 0 Å². The molecular formula is C17H17NS. The van der Waals surface area contributed by atoms with Gasteiger partial charge < -0.3 is 0 Å². The van der Waals surface area contributed by atoms with E-state index in [1.165, 1.54) is 41.7 Å². The summed E-state index contributed by atoms with van der Waals surface area (Å²) in [5.74, 6) is 0. The number of rotatable bonds is 1. The van der Waals surface area contributed by atoms with Crippen LogP contribution in [0.15, 0.2) is 40.7 Å². The van der Waals surface area contributed by atoms with Crippen molar-refractivity contribution in [2.75, 3.05) is 0 Å². The van der Waals surface area contributed by atoms with Crippen LogP contribution in [-0.4, -0.2) is 11.8 Å². The van der Waals surface area contributed by atoms with Gasteiger partial charge in [-0.2, -0.15) is 0 Å². The molecule has 0 saturated carbocycles. The second-order valence-electron chi connectivity index (χ2n) is 5.67. The molecule has 0 amide bonds. The minimum Gasteiger partial charge on any atom is -0.291 e. The largest absolute Gasteiger partial charge is 0.291 e. The quantitative estimate of drug-likeness (QED) is 0.721. The number of nitrogens with zero attached hydrogens (tertiary/aromatic N) is 1. The van der Waals surface area contributed by atoms with E-state index in [1.54, 1.807) is 5.56 Å². The van der Waals surface area contributed by atoms with Gasteiger partial charge in [0.1, 0.15) is 0 Å². The molecule has 2 heteroatoms. The Balaban J connectivity index is 1.78. The van der Waals surface area contributed by atoms with Crippen LogP contribution in [-0.2, 0) is 12.8 Å². The first kappa shape index (κ1) is 11.4. The van der Waals surface area contributed by atoms with E-state index in [1.807, 2.05) is 11.3 Å². The summed E-state index contributed by atoms with van der Waals surface area (Å²) in [5, 5.41) is 2.17. The fourth-order valence-corrected chi connectivity index (χ4v) is 4.32. The van der Waals surface area contributed by atoms with Crippen molar-refractivity contribution in [3.63, 3.8) is 0 Å². The number of hydrogen-bond donors (Lipinski definition) is 0. The summed E-state index contributed by atoms with van der Waals surface area (Å²) in [4.78, 5) is 6.20. The highest BCUT2D eigenvalue weighted by Gasteiger charge is 2.36. The maximum Gasteiger partial charge on any atom is 0.0651 e. The fraction of sp³-hybridized carbons (Fsp3) is 0.353. The van der Waals surface area contributed by atoms with Gasteiger partial charge in [0.15, 0.2) is 0 Å². The summed E-state index contributed by atoms with van der Waals surface area (Å²) in [5.41, 5.74) is 4.78. The number of benzene rings is 1. The van der Waals surface area contributed by atoms with E-state index in [0.29, 0.717) is 0 Å². The molecule has 4 rings (SSSR count). The zero-order valence-corrected chi connectivity index (χ0v) is 11.7. The molecule has 0 saturated heterocycles. The van der Waals surface area contributed by atoms with E-state index in [2.05, 4.69) is 41.9 Å². The smallest absolute Gasteiger partial charge is 0.0651 e. The first-order valence-electron chi connectivity index (χ1n) is 7.05. The molecule has 0 bridgehead atoms. The first-order chi connectivity index (χ1) is 9.36. The highest BCUT2D eigenvalue weighted by molar-refractivity contribution is 7.13. The zero-order valence-electron chi connectivity index (χ0n) is 10.9. The molecule has 0 N–H and O–H groups in total. The Morgan fingerprint density at radius 2 is 2.11 bits per heavy atom. The van der Waals surface area contributed by atoms with E-state index >= 15 is 0 Å². The van der Waals surface area contributed by atoms with Crippen molar-refractivity contribution >= 4 is 17.6 Å². The number of aliphatic imine (C=N–C) groups is 1. The Kier molecular flexibility index (Phi) is 2.59. The molecule has 1 aromatic heterocycles. The first-order valence-corrected chi connectivity index (χ1v) is 7.93. The summed E-state index contributed by atoms with van der Waals surface area (Å²) in [6, 6.07) is 11.2. The van der Waals surface area contributed by atoms with Gasteiger partial charge in [0.05, 0.1) is 5.54 Å². The molecule has 1 atom stereocenters. The molecule has 1 nitrogen and oxygen atoms in total. The van der Waals surface area contributed by atoms with Crippen LogP contribution in [0.1, 0.15) is 30.4 Å². The lowest BCUT2D eigenvalue weighted by atomic mass is 9.75. The van der Waals surface area contributed by atoms with Gasteiger partial charge in [0, 0.05) is 4.88 Å². The Hall–Kier alpha value is -1.41. The third-order valence-corrected chi connectivity index (χ3v) is 5.43. The average molecular weight is 267 g/mol. The monoisotopic (exact) mass is 267 g/mol. The van der Waals surface area contributed by atoms with E-state index < -0.39 is 0 Å². The lowest BCUT2D eigenvalue weighted by Crippen LogP contribution is -2.31. The van der Waals surface area contributed by atoms with E-state index in [-0.39, 0.29) is 5.54 Å². The molecule has 1 aromatic carbocycles. The molecule has 1 spiro atoms. The van der Waals surface area contributed by atoms with E-state index in [4.69, 9.17) is 4.99 Å². The molecule has 1 aliphatic heterocycles. The summed E-state index contributed by atoms with van der Waals surface area (Å²) in [6.45, 7) is 0. The fourth-order valence-electron chi connectivity index (χ4n) is 3.54. The van der Waals surface area contributed by atoms with Crippen LogP contribution in [0.5, 0.6) is 0 Å². The molecule has 19 heavy (non-hydrogen) atoms. The van der Waals surface area contributed by atoms with Gasteiger partial charge >= 0.3 is 0 Å². The molecule has 2 aliphatic rings. The van der Waals surface area contributed by atoms with Crippen LogP contribution in [0.4, 0.5) is 0 Å². The van der Waals surface area contributed by atoms with Crippen molar-refractivity contribution in [2.45, 2.75) is 37.6 Å². The lowest BCUT2D eigenvalue weighted by Gasteiger charge is -2.33. The van der Waals surface area contributed by atoms with Crippen LogP contribution in [0.2, 0.25) is 0 Å². The number of thiophene rings is 1. The van der Waals surface area contributed by atoms with Gasteiger partial charge in [0.2, 0.25) is 0 Å². The molecule has 96 valence electrons. The van der Waals surface area contributed by atoms with Gasteiger partial charge in [-0.05, 0) is 66.5 Å². The van der Waals surface area contributed by atoms with E-state index in [9.17, 15) is 0 Å². The Morgan fingerprint density at radius 1 is 1.11 bits per heavy atom. The lowest BCUT2D eigenvalue weighted by molar-refractivity contribution is 0.375. The Bertz CT molecular complexity index is 627. The van der Waals surface area contributed by atoms with Crippen LogP contribution in [0, 0.1) is 0 Å². The van der Waals surface area contributed by atoms with Crippen LogP contribution >= 0.6 is 11.3 Å². The predicted octanol–water partition coefficient (Wildman–Crippen LogP) is 4.51. The second-order valence-corrected chi connectivity index (χ2v) is 6.62. The molecule has 2 heterocycles. The standard InChI is InChI=1S/C17H17NS/c1-4-13-12-17(8-3-10-18-17)9-7-14(13)15(5-1)16-6-2-11-19-16/h1-2,4-6,10-11H,3,7-9,12H2. The van der Waals surface area contributed by atoms with Crippen LogP contribution in [0.3, 0.4) is 0 Å². The van der Waals surface area contributed by atoms with Crippen molar-refractivity contribution in [1.82, 2.24) is 0 Å². The van der Waals surface area contributed by atoms with Gasteiger partial charge in [-0.1, -0.05) is 24.3 Å². The van der Waals surface area contributed by atoms with Gasteiger partial charge in [-0.25, -0.2) is 0 Å². The third-order valence-electron chi connectivity index (χ3n) is 4.52. The third kappa shape index (κ3) is 1.86. The highest BCUT2D eigenvalue weighted by Crippen LogP contribution is 2.41. The SMILES string of the molecule is C1=NC2(CC1)CCc1c(cccc1-c1cccs1)C2. The number of hydrogen-bond acceptors (Lipinski definition) is 2. The minimum absolute atomic E-state index is 0.237. The van der Waals surface area contributed by atoms with Crippen LogP contribution < -0.4 is 0 Å². The molecule has 0 radical (unpaired) electrons. The highest BCUT2D eigenvalue weighted by atomic mass is 32.1. The van der Waals surface area contributed by atoms with Crippen molar-refractivity contribution in [2.24, 2.45) is 4.99 Å². The molecule has 1 unspecified atom stereocenters. The van der Waals surface area contributed by atoms with Gasteiger partial charge in [0.25, 0.3) is 0 Å². The van der Waals surface area contributed by atoms with Crippen LogP contribution in [0.25, 0.3) is 10.4 Å². The molecular weight excluding hydrogens is 250 g/mol. The second kappa shape index (κ2) is 4.31. The summed E-state index contributed by atoms with van der Waals surface area (Å²) in [7, 11) is 0. The normalized spacial score (nSPS) is 24.8. The Labute approximate surface area is 118 Å². The van der Waals surface area contributed by atoms with Crippen molar-refractivity contribution < 1.29 is 0 Å². The number of fused-ring (bicyclic) bond motifs is 1. The van der Waals surface area contributed by atoms with Gasteiger partial charge in [-0.15, -0.1) is 11.3 Å². The van der Waals surface area contributed by atoms with Crippen molar-refractivity contribution in [3.8, 4) is 10.4 Å². The maximum atomic E-state index is 4.80. The topological polar surface area (TPSA) is 12.4 Å². The minimum atomic E-state index is 0.237. The van der Waals surface area contributed by atoms with Gasteiger partial charge in [-0.3, -0.25) is 4.99 Å². The summed E-state index contributed by atoms with van der Waals surface area (Å²) in [6.07, 6.45) is 8.08. The zero-order chi connectivity index (χ0) is 12.7. The Morgan fingerprint density at radius 3 is 2.89 bits per heavy atom. The van der Waals surface area contributed by atoms with Crippen molar-refractivity contribution in [3.05, 3.63) is 46.8 Å². The average Bonchev–Trinajstić information content (AvgIpc) is 3.10. The molecule has 0 fully saturated rings. The predicted molar refractivity (Wildman–Crippen MR) is 82.2 cm³/mol. The summed E-state index contributed by atoms with van der Waals surface area (Å²) < 4.78 is 0. The maximum absolute atomic E-state index is 4.80. The summed E-state index contributed by atoms with van der Waals surface area (Å²) >= 11 is 1.84.